The van der Waals surface area contributed by atoms with E-state index in [0.29, 0.717) is 68.4 Å². The van der Waals surface area contributed by atoms with Gasteiger partial charge in [0.05, 0.1) is 12.1 Å². The normalized spacial score (nSPS) is 16.1. The van der Waals surface area contributed by atoms with E-state index in [2.05, 4.69) is 30.4 Å². The number of amides is 2. The number of benzene rings is 3. The van der Waals surface area contributed by atoms with Gasteiger partial charge in [-0.25, -0.2) is 9.97 Å². The smallest absolute Gasteiger partial charge is 0.228 e. The van der Waals surface area contributed by atoms with Crippen molar-refractivity contribution in [3.8, 4) is 11.5 Å². The number of nitrogens with zero attached hydrogens (tertiary/aromatic N) is 4. The number of carbonyl (C=O) groups is 4. The number of ketones is 2. The Morgan fingerprint density at radius 2 is 1.03 bits per heavy atom. The molecule has 306 valence electrons. The summed E-state index contributed by atoms with van der Waals surface area (Å²) in [6, 6.07) is 34.0. The van der Waals surface area contributed by atoms with E-state index in [1.165, 1.54) is 12.1 Å². The summed E-state index contributed by atoms with van der Waals surface area (Å²) in [5, 5.41) is 15.1. The number of phenols is 1. The second kappa shape index (κ2) is 21.0. The van der Waals surface area contributed by atoms with Crippen LogP contribution in [0.25, 0.3) is 0 Å². The maximum atomic E-state index is 13.0. The van der Waals surface area contributed by atoms with Gasteiger partial charge in [0.1, 0.15) is 29.7 Å². The molecule has 2 amide bonds. The number of likely N-dealkylation sites (tertiary alicyclic amines) is 2. The minimum absolute atomic E-state index is 0.00146. The maximum Gasteiger partial charge on any atom is 0.228 e. The molecule has 2 aromatic heterocycles. The van der Waals surface area contributed by atoms with Crippen LogP contribution >= 0.6 is 0 Å². The average Bonchev–Trinajstić information content (AvgIpc) is 3.29. The molecule has 12 nitrogen and oxygen atoms in total. The van der Waals surface area contributed by atoms with Gasteiger partial charge in [0.15, 0.2) is 11.6 Å². The zero-order valence-corrected chi connectivity index (χ0v) is 33.6. The molecule has 3 aromatic carbocycles. The van der Waals surface area contributed by atoms with Crippen LogP contribution in [0.4, 0.5) is 11.6 Å². The number of rotatable bonds is 13. The average molecular weight is 797 g/mol. The molecule has 2 aliphatic rings. The van der Waals surface area contributed by atoms with Crippen LogP contribution in [-0.4, -0.2) is 86.5 Å². The molecule has 0 aliphatic carbocycles. The standard InChI is InChI=1S/C27H29N3O3.C20H23N3O3/c1-20(30-17-14-23(15-18-30)27(32)29-25-9-5-6-16-28-25)26(31)22-10-12-24(13-11-22)33-19-21-7-3-2-4-8-21;1-14(19(25)15-5-7-17(24)8-6-15)23-12-9-16(10-13-23)20(26)22-18-4-2-3-11-21-18/h2-13,16,20,23H,14-15,17-19H2,1H3,(H,28,29,32);2-8,11,14,16,24H,9-10,12-13H2,1H3,(H,21,22,26). The number of aromatic nitrogens is 2. The molecule has 2 aliphatic heterocycles. The van der Waals surface area contributed by atoms with Gasteiger partial charge < -0.3 is 20.5 Å². The van der Waals surface area contributed by atoms with Crippen LogP contribution in [0.15, 0.2) is 128 Å². The number of phenolic OH excluding ortho intramolecular Hbond substituents is 1. The van der Waals surface area contributed by atoms with E-state index >= 15 is 0 Å². The van der Waals surface area contributed by atoms with Gasteiger partial charge in [0.2, 0.25) is 11.8 Å². The van der Waals surface area contributed by atoms with Crippen molar-refractivity contribution in [2.24, 2.45) is 11.8 Å². The van der Waals surface area contributed by atoms with Crippen molar-refractivity contribution in [3.05, 3.63) is 144 Å². The highest BCUT2D eigenvalue weighted by molar-refractivity contribution is 6.00. The van der Waals surface area contributed by atoms with Gasteiger partial charge in [-0.3, -0.25) is 29.0 Å². The number of aromatic hydroxyl groups is 1. The molecule has 12 heteroatoms. The second-order valence-electron chi connectivity index (χ2n) is 15.0. The summed E-state index contributed by atoms with van der Waals surface area (Å²) in [4.78, 5) is 63.1. The van der Waals surface area contributed by atoms with Crippen molar-refractivity contribution in [2.45, 2.75) is 58.2 Å². The van der Waals surface area contributed by atoms with Crippen molar-refractivity contribution in [1.29, 1.82) is 0 Å². The fraction of sp³-hybridized carbons (Fsp3) is 0.319. The number of pyridine rings is 2. The SMILES string of the molecule is CC(C(=O)c1ccc(O)cc1)N1CCC(C(=O)Nc2ccccn2)CC1.CC(C(=O)c1ccc(OCc2ccccc2)cc1)N1CCC(C(=O)Nc2ccccn2)CC1. The van der Waals surface area contributed by atoms with E-state index in [-0.39, 0.29) is 53.0 Å². The number of nitrogens with one attached hydrogen (secondary N) is 2. The van der Waals surface area contributed by atoms with Gasteiger partial charge >= 0.3 is 0 Å². The van der Waals surface area contributed by atoms with Gasteiger partial charge in [-0.2, -0.15) is 0 Å². The van der Waals surface area contributed by atoms with Crippen molar-refractivity contribution >= 4 is 35.0 Å². The molecule has 7 rings (SSSR count). The first kappa shape index (κ1) is 42.4. The Morgan fingerprint density at radius 3 is 1.46 bits per heavy atom. The summed E-state index contributed by atoms with van der Waals surface area (Å²) in [6.07, 6.45) is 6.19. The molecule has 0 saturated carbocycles. The molecule has 2 unspecified atom stereocenters. The van der Waals surface area contributed by atoms with Gasteiger partial charge in [-0.15, -0.1) is 0 Å². The van der Waals surface area contributed by atoms with Gasteiger partial charge in [-0.1, -0.05) is 42.5 Å². The van der Waals surface area contributed by atoms with E-state index in [9.17, 15) is 24.3 Å². The zero-order valence-electron chi connectivity index (χ0n) is 33.6. The number of Topliss-reactive ketones (excluding diaryl/α,β-unsaturated/α-hetero) is 2. The van der Waals surface area contributed by atoms with Crippen LogP contribution in [0.1, 0.15) is 65.8 Å². The van der Waals surface area contributed by atoms with Crippen LogP contribution in [0.3, 0.4) is 0 Å². The fourth-order valence-electron chi connectivity index (χ4n) is 7.32. The summed E-state index contributed by atoms with van der Waals surface area (Å²) in [6.45, 7) is 7.15. The topological polar surface area (TPSA) is 154 Å². The number of ether oxygens (including phenoxy) is 1. The van der Waals surface area contributed by atoms with Crippen LogP contribution in [0.2, 0.25) is 0 Å². The number of hydrogen-bond acceptors (Lipinski definition) is 10. The van der Waals surface area contributed by atoms with Crippen LogP contribution in [-0.2, 0) is 16.2 Å². The molecule has 3 N–H and O–H groups in total. The molecule has 5 aromatic rings. The number of anilines is 2. The summed E-state index contributed by atoms with van der Waals surface area (Å²) in [5.41, 5.74) is 2.36. The van der Waals surface area contributed by atoms with Crippen LogP contribution < -0.4 is 15.4 Å². The Labute approximate surface area is 345 Å². The number of piperidine rings is 2. The molecular weight excluding hydrogens is 745 g/mol. The predicted molar refractivity (Wildman–Crippen MR) is 227 cm³/mol. The largest absolute Gasteiger partial charge is 0.508 e. The van der Waals surface area contributed by atoms with Gasteiger partial charge in [0.25, 0.3) is 0 Å². The van der Waals surface area contributed by atoms with Crippen molar-refractivity contribution in [3.63, 3.8) is 0 Å². The third-order valence-electron chi connectivity index (χ3n) is 11.0. The molecule has 0 radical (unpaired) electrons. The highest BCUT2D eigenvalue weighted by Crippen LogP contribution is 2.25. The van der Waals surface area contributed by atoms with Gasteiger partial charge in [-0.05, 0) is 144 Å². The summed E-state index contributed by atoms with van der Waals surface area (Å²) in [7, 11) is 0. The third kappa shape index (κ3) is 12.1. The van der Waals surface area contributed by atoms with E-state index in [0.717, 1.165) is 24.2 Å². The van der Waals surface area contributed by atoms with Crippen molar-refractivity contribution in [1.82, 2.24) is 19.8 Å². The number of hydrogen-bond donors (Lipinski definition) is 3. The quantitative estimate of drug-likeness (QED) is 0.104. The first-order valence-corrected chi connectivity index (χ1v) is 20.2. The van der Waals surface area contributed by atoms with E-state index in [4.69, 9.17) is 4.74 Å². The molecular formula is C47H52N6O6. The minimum atomic E-state index is -0.251. The lowest BCUT2D eigenvalue weighted by Gasteiger charge is -2.34. The molecule has 2 fully saturated rings. The zero-order chi connectivity index (χ0) is 41.6. The Balaban J connectivity index is 0.000000204. The second-order valence-corrected chi connectivity index (χ2v) is 15.0. The molecule has 4 heterocycles. The Kier molecular flexibility index (Phi) is 15.1. The first-order valence-electron chi connectivity index (χ1n) is 20.2. The third-order valence-corrected chi connectivity index (χ3v) is 11.0. The molecule has 0 bridgehead atoms. The molecule has 59 heavy (non-hydrogen) atoms. The molecule has 2 atom stereocenters. The lowest BCUT2D eigenvalue weighted by molar-refractivity contribution is -0.122. The summed E-state index contributed by atoms with van der Waals surface area (Å²) in [5.74, 6) is 2.00. The van der Waals surface area contributed by atoms with E-state index < -0.39 is 0 Å². The highest BCUT2D eigenvalue weighted by Gasteiger charge is 2.32. The number of carbonyl (C=O) groups excluding carboxylic acids is 4. The predicted octanol–water partition coefficient (Wildman–Crippen LogP) is 7.29. The Bertz CT molecular complexity index is 2100. The molecule has 2 saturated heterocycles. The highest BCUT2D eigenvalue weighted by atomic mass is 16.5. The first-order chi connectivity index (χ1) is 28.6. The van der Waals surface area contributed by atoms with Crippen molar-refractivity contribution in [2.75, 3.05) is 36.8 Å². The van der Waals surface area contributed by atoms with Crippen LogP contribution in [0.5, 0.6) is 11.5 Å². The van der Waals surface area contributed by atoms with E-state index in [1.807, 2.05) is 86.6 Å². The Morgan fingerprint density at radius 1 is 0.610 bits per heavy atom. The van der Waals surface area contributed by atoms with Crippen molar-refractivity contribution < 1.29 is 29.0 Å². The van der Waals surface area contributed by atoms with Crippen LogP contribution in [0, 0.1) is 11.8 Å². The fourth-order valence-corrected chi connectivity index (χ4v) is 7.32. The minimum Gasteiger partial charge on any atom is -0.508 e. The summed E-state index contributed by atoms with van der Waals surface area (Å²) < 4.78 is 5.82. The lowest BCUT2D eigenvalue weighted by atomic mass is 9.93. The monoisotopic (exact) mass is 796 g/mol. The Hall–Kier alpha value is -6.24. The lowest BCUT2D eigenvalue weighted by Crippen LogP contribution is -2.45. The van der Waals surface area contributed by atoms with E-state index in [1.54, 1.807) is 42.7 Å². The maximum absolute atomic E-state index is 13.0. The van der Waals surface area contributed by atoms with Gasteiger partial charge in [0, 0.05) is 35.4 Å². The summed E-state index contributed by atoms with van der Waals surface area (Å²) >= 11 is 0. The molecule has 0 spiro atoms.